The second kappa shape index (κ2) is 8.90. The van der Waals surface area contributed by atoms with Gasteiger partial charge in [-0.25, -0.2) is 0 Å². The molecule has 2 fully saturated rings. The lowest BCUT2D eigenvalue weighted by atomic mass is 9.99. The highest BCUT2D eigenvalue weighted by Crippen LogP contribution is 2.16. The van der Waals surface area contributed by atoms with Gasteiger partial charge in [0.25, 0.3) is 0 Å². The highest BCUT2D eigenvalue weighted by molar-refractivity contribution is 5.09. The number of β-amino-alcohol motifs (C(OH)–C–C–N with tert-alkyl or cyclic N) is 1. The monoisotopic (exact) mass is 332 g/mol. The third kappa shape index (κ3) is 5.52. The van der Waals surface area contributed by atoms with E-state index in [0.29, 0.717) is 0 Å². The van der Waals surface area contributed by atoms with Crippen molar-refractivity contribution in [1.82, 2.24) is 19.7 Å². The Kier molecular flexibility index (Phi) is 6.60. The second-order valence-corrected chi connectivity index (χ2v) is 7.57. The summed E-state index contributed by atoms with van der Waals surface area (Å²) in [6.07, 6.45) is 6.07. The van der Waals surface area contributed by atoms with E-state index in [0.717, 1.165) is 64.8 Å². The molecule has 3 heterocycles. The number of rotatable bonds is 6. The predicted molar refractivity (Wildman–Crippen MR) is 96.8 cm³/mol. The lowest BCUT2D eigenvalue weighted by Gasteiger charge is -2.37. The van der Waals surface area contributed by atoms with Gasteiger partial charge in [-0.2, -0.15) is 0 Å². The Morgan fingerprint density at radius 1 is 0.958 bits per heavy atom. The molecule has 0 radical (unpaired) electrons. The van der Waals surface area contributed by atoms with Crippen LogP contribution in [0, 0.1) is 5.92 Å². The highest BCUT2D eigenvalue weighted by Gasteiger charge is 2.22. The maximum atomic E-state index is 10.4. The average Bonchev–Trinajstić information content (AvgIpc) is 2.60. The Morgan fingerprint density at radius 3 is 2.12 bits per heavy atom. The van der Waals surface area contributed by atoms with Crippen LogP contribution in [0.2, 0.25) is 0 Å². The molecule has 5 nitrogen and oxygen atoms in total. The topological polar surface area (TPSA) is 42.8 Å². The number of likely N-dealkylation sites (tertiary alicyclic amines) is 1. The fourth-order valence-electron chi connectivity index (χ4n) is 3.77. The molecule has 1 N–H and O–H groups in total. The van der Waals surface area contributed by atoms with Crippen molar-refractivity contribution < 1.29 is 5.11 Å². The van der Waals surface area contributed by atoms with Crippen LogP contribution in [0.25, 0.3) is 0 Å². The molecule has 0 aromatic carbocycles. The van der Waals surface area contributed by atoms with Crippen molar-refractivity contribution in [2.45, 2.75) is 32.4 Å². The number of hydrogen-bond acceptors (Lipinski definition) is 5. The first kappa shape index (κ1) is 17.8. The Labute approximate surface area is 146 Å². The number of piperazine rings is 1. The van der Waals surface area contributed by atoms with E-state index in [9.17, 15) is 5.11 Å². The van der Waals surface area contributed by atoms with Crippen molar-refractivity contribution in [3.05, 3.63) is 30.1 Å². The first-order chi connectivity index (χ1) is 11.7. The molecule has 24 heavy (non-hydrogen) atoms. The lowest BCUT2D eigenvalue weighted by molar-refractivity contribution is 0.0415. The van der Waals surface area contributed by atoms with Gasteiger partial charge >= 0.3 is 0 Å². The molecule has 0 bridgehead atoms. The van der Waals surface area contributed by atoms with Gasteiger partial charge in [0.15, 0.2) is 0 Å². The molecule has 2 aliphatic heterocycles. The fraction of sp³-hybridized carbons (Fsp3) is 0.737. The third-order valence-corrected chi connectivity index (χ3v) is 5.43. The smallest absolute Gasteiger partial charge is 0.0793 e. The first-order valence-corrected chi connectivity index (χ1v) is 9.43. The van der Waals surface area contributed by atoms with Crippen molar-refractivity contribution in [3.8, 4) is 0 Å². The minimum atomic E-state index is -0.217. The quantitative estimate of drug-likeness (QED) is 0.850. The number of piperidine rings is 1. The summed E-state index contributed by atoms with van der Waals surface area (Å²) in [5.74, 6) is 0.854. The molecule has 1 aromatic heterocycles. The van der Waals surface area contributed by atoms with Crippen molar-refractivity contribution in [1.29, 1.82) is 0 Å². The molecule has 2 aliphatic rings. The molecule has 0 aliphatic carbocycles. The number of aliphatic hydroxyl groups is 1. The minimum Gasteiger partial charge on any atom is -0.390 e. The Balaban J connectivity index is 1.34. The van der Waals surface area contributed by atoms with Crippen LogP contribution < -0.4 is 0 Å². The number of pyridine rings is 1. The van der Waals surface area contributed by atoms with Crippen LogP contribution in [-0.2, 0) is 6.54 Å². The Bertz CT molecular complexity index is 468. The van der Waals surface area contributed by atoms with E-state index in [1.807, 2.05) is 12.4 Å². The molecule has 0 spiro atoms. The summed E-state index contributed by atoms with van der Waals surface area (Å²) in [4.78, 5) is 11.4. The summed E-state index contributed by atoms with van der Waals surface area (Å²) >= 11 is 0. The summed E-state index contributed by atoms with van der Waals surface area (Å²) in [6, 6.07) is 4.19. The molecule has 0 amide bonds. The lowest BCUT2D eigenvalue weighted by Crippen LogP contribution is -2.50. The zero-order valence-corrected chi connectivity index (χ0v) is 15.0. The third-order valence-electron chi connectivity index (χ3n) is 5.43. The molecule has 1 aromatic rings. The number of hydrogen-bond donors (Lipinski definition) is 1. The van der Waals surface area contributed by atoms with Gasteiger partial charge in [-0.1, -0.05) is 6.92 Å². The van der Waals surface area contributed by atoms with Crippen LogP contribution in [0.15, 0.2) is 24.5 Å². The summed E-state index contributed by atoms with van der Waals surface area (Å²) in [5.41, 5.74) is 1.33. The molecule has 2 saturated heterocycles. The SMILES string of the molecule is CC1CCN(CC(O)CN2CCN(Cc3ccncc3)CC2)CC1. The van der Waals surface area contributed by atoms with Gasteiger partial charge < -0.3 is 10.0 Å². The maximum absolute atomic E-state index is 10.4. The molecule has 5 heteroatoms. The van der Waals surface area contributed by atoms with Crippen LogP contribution in [0.4, 0.5) is 0 Å². The van der Waals surface area contributed by atoms with Crippen molar-refractivity contribution in [2.24, 2.45) is 5.92 Å². The largest absolute Gasteiger partial charge is 0.390 e. The van der Waals surface area contributed by atoms with E-state index < -0.39 is 0 Å². The normalized spacial score (nSPS) is 23.4. The summed E-state index contributed by atoms with van der Waals surface area (Å²) in [5, 5.41) is 10.4. The molecule has 1 unspecified atom stereocenters. The number of aromatic nitrogens is 1. The number of aliphatic hydroxyl groups excluding tert-OH is 1. The van der Waals surface area contributed by atoms with Gasteiger partial charge in [-0.15, -0.1) is 0 Å². The molecular weight excluding hydrogens is 300 g/mol. The van der Waals surface area contributed by atoms with Crippen molar-refractivity contribution in [3.63, 3.8) is 0 Å². The maximum Gasteiger partial charge on any atom is 0.0793 e. The van der Waals surface area contributed by atoms with Crippen LogP contribution in [0.3, 0.4) is 0 Å². The zero-order valence-electron chi connectivity index (χ0n) is 15.0. The second-order valence-electron chi connectivity index (χ2n) is 7.57. The molecule has 1 atom stereocenters. The van der Waals surface area contributed by atoms with Crippen molar-refractivity contribution in [2.75, 3.05) is 52.4 Å². The van der Waals surface area contributed by atoms with Crippen molar-refractivity contribution >= 4 is 0 Å². The molecular formula is C19H32N4O. The van der Waals surface area contributed by atoms with E-state index in [1.165, 1.54) is 18.4 Å². The van der Waals surface area contributed by atoms with E-state index in [4.69, 9.17) is 0 Å². The fourth-order valence-corrected chi connectivity index (χ4v) is 3.77. The van der Waals surface area contributed by atoms with E-state index >= 15 is 0 Å². The van der Waals surface area contributed by atoms with Gasteiger partial charge in [-0.3, -0.25) is 14.8 Å². The van der Waals surface area contributed by atoms with Gasteiger partial charge in [0.05, 0.1) is 6.10 Å². The van der Waals surface area contributed by atoms with Crippen LogP contribution in [0.5, 0.6) is 0 Å². The standard InChI is InChI=1S/C19H32N4O/c1-17-4-8-21(9-5-17)15-19(24)16-23-12-10-22(11-13-23)14-18-2-6-20-7-3-18/h2-3,6-7,17,19,24H,4-5,8-16H2,1H3. The summed E-state index contributed by atoms with van der Waals surface area (Å²) in [6.45, 7) is 11.6. The van der Waals surface area contributed by atoms with Gasteiger partial charge in [-0.05, 0) is 49.5 Å². The number of nitrogens with zero attached hydrogens (tertiary/aromatic N) is 4. The predicted octanol–water partition coefficient (Wildman–Crippen LogP) is 1.29. The highest BCUT2D eigenvalue weighted by atomic mass is 16.3. The molecule has 0 saturated carbocycles. The van der Waals surface area contributed by atoms with E-state index in [1.54, 1.807) is 0 Å². The van der Waals surface area contributed by atoms with E-state index in [-0.39, 0.29) is 6.10 Å². The van der Waals surface area contributed by atoms with Crippen LogP contribution in [0.1, 0.15) is 25.3 Å². The molecule has 3 rings (SSSR count). The molecule has 134 valence electrons. The van der Waals surface area contributed by atoms with Gasteiger partial charge in [0, 0.05) is 58.2 Å². The summed E-state index contributed by atoms with van der Waals surface area (Å²) < 4.78 is 0. The first-order valence-electron chi connectivity index (χ1n) is 9.43. The van der Waals surface area contributed by atoms with E-state index in [2.05, 4.69) is 38.7 Å². The average molecular weight is 332 g/mol. The Hall–Kier alpha value is -1.01. The zero-order chi connectivity index (χ0) is 16.8. The van der Waals surface area contributed by atoms with Crippen LogP contribution >= 0.6 is 0 Å². The summed E-state index contributed by atoms with van der Waals surface area (Å²) in [7, 11) is 0. The Morgan fingerprint density at radius 2 is 1.50 bits per heavy atom. The van der Waals surface area contributed by atoms with Gasteiger partial charge in [0.2, 0.25) is 0 Å². The minimum absolute atomic E-state index is 0.217. The van der Waals surface area contributed by atoms with Crippen LogP contribution in [-0.4, -0.2) is 83.3 Å². The van der Waals surface area contributed by atoms with Gasteiger partial charge in [0.1, 0.15) is 0 Å².